The number of benzene rings is 2. The van der Waals surface area contributed by atoms with Crippen molar-refractivity contribution in [1.29, 1.82) is 0 Å². The SMILES string of the molecule is N[C@]1(CO)CC[C@@H](c2ccc(CCCc3ccccc3)cc2)C1. The number of aryl methyl sites for hydroxylation is 2. The van der Waals surface area contributed by atoms with Gasteiger partial charge in [0.1, 0.15) is 0 Å². The van der Waals surface area contributed by atoms with E-state index in [0.717, 1.165) is 32.1 Å². The van der Waals surface area contributed by atoms with Crippen molar-refractivity contribution in [1.82, 2.24) is 0 Å². The van der Waals surface area contributed by atoms with Gasteiger partial charge in [-0.2, -0.15) is 0 Å². The third-order valence-corrected chi connectivity index (χ3v) is 5.18. The molecule has 0 unspecified atom stereocenters. The van der Waals surface area contributed by atoms with Crippen LogP contribution in [0.3, 0.4) is 0 Å². The number of aliphatic hydroxyl groups excluding tert-OH is 1. The Morgan fingerprint density at radius 3 is 2.22 bits per heavy atom. The van der Waals surface area contributed by atoms with E-state index in [2.05, 4.69) is 54.6 Å². The van der Waals surface area contributed by atoms with Gasteiger partial charge in [0.2, 0.25) is 0 Å². The number of hydrogen-bond donors (Lipinski definition) is 2. The largest absolute Gasteiger partial charge is 0.394 e. The molecule has 1 aliphatic rings. The van der Waals surface area contributed by atoms with E-state index < -0.39 is 0 Å². The van der Waals surface area contributed by atoms with Gasteiger partial charge in [0.15, 0.2) is 0 Å². The summed E-state index contributed by atoms with van der Waals surface area (Å²) in [6.45, 7) is 0.0983. The predicted molar refractivity (Wildman–Crippen MR) is 95.5 cm³/mol. The first kappa shape index (κ1) is 16.2. The second kappa shape index (κ2) is 7.29. The van der Waals surface area contributed by atoms with Gasteiger partial charge in [-0.15, -0.1) is 0 Å². The lowest BCUT2D eigenvalue weighted by Gasteiger charge is -2.21. The van der Waals surface area contributed by atoms with Gasteiger partial charge >= 0.3 is 0 Å². The Hall–Kier alpha value is -1.64. The molecule has 0 aromatic heterocycles. The minimum atomic E-state index is -0.362. The zero-order valence-corrected chi connectivity index (χ0v) is 13.7. The van der Waals surface area contributed by atoms with Crippen molar-refractivity contribution >= 4 is 0 Å². The predicted octanol–water partition coefficient (Wildman–Crippen LogP) is 3.82. The summed E-state index contributed by atoms with van der Waals surface area (Å²) in [5, 5.41) is 9.40. The second-order valence-electron chi connectivity index (χ2n) is 7.04. The van der Waals surface area contributed by atoms with Crippen LogP contribution in [0.15, 0.2) is 54.6 Å². The third kappa shape index (κ3) is 4.21. The van der Waals surface area contributed by atoms with E-state index in [4.69, 9.17) is 5.73 Å². The maximum absolute atomic E-state index is 9.40. The fraction of sp³-hybridized carbons (Fsp3) is 0.429. The van der Waals surface area contributed by atoms with Gasteiger partial charge in [0.25, 0.3) is 0 Å². The molecular weight excluding hydrogens is 282 g/mol. The van der Waals surface area contributed by atoms with Gasteiger partial charge in [-0.25, -0.2) is 0 Å². The third-order valence-electron chi connectivity index (χ3n) is 5.18. The van der Waals surface area contributed by atoms with Crippen LogP contribution >= 0.6 is 0 Å². The number of nitrogens with two attached hydrogens (primary N) is 1. The molecular formula is C21H27NO. The van der Waals surface area contributed by atoms with Crippen LogP contribution < -0.4 is 5.73 Å². The van der Waals surface area contributed by atoms with Crippen LogP contribution in [-0.2, 0) is 12.8 Å². The van der Waals surface area contributed by atoms with Crippen LogP contribution in [0.4, 0.5) is 0 Å². The Morgan fingerprint density at radius 2 is 1.61 bits per heavy atom. The molecule has 122 valence electrons. The van der Waals surface area contributed by atoms with Crippen molar-refractivity contribution in [3.63, 3.8) is 0 Å². The van der Waals surface area contributed by atoms with Gasteiger partial charge in [0, 0.05) is 5.54 Å². The molecule has 0 heterocycles. The lowest BCUT2D eigenvalue weighted by atomic mass is 9.92. The van der Waals surface area contributed by atoms with Crippen molar-refractivity contribution < 1.29 is 5.11 Å². The fourth-order valence-corrected chi connectivity index (χ4v) is 3.68. The summed E-state index contributed by atoms with van der Waals surface area (Å²) < 4.78 is 0. The van der Waals surface area contributed by atoms with Crippen LogP contribution in [0.5, 0.6) is 0 Å². The van der Waals surface area contributed by atoms with Gasteiger partial charge < -0.3 is 10.8 Å². The van der Waals surface area contributed by atoms with Crippen LogP contribution in [0.1, 0.15) is 48.3 Å². The van der Waals surface area contributed by atoms with Gasteiger partial charge in [-0.3, -0.25) is 0 Å². The molecule has 2 heteroatoms. The Bertz CT molecular complexity index is 607. The Kier molecular flexibility index (Phi) is 5.14. The maximum Gasteiger partial charge on any atom is 0.0611 e. The summed E-state index contributed by atoms with van der Waals surface area (Å²) in [5.74, 6) is 0.505. The lowest BCUT2D eigenvalue weighted by molar-refractivity contribution is 0.198. The molecule has 23 heavy (non-hydrogen) atoms. The summed E-state index contributed by atoms with van der Waals surface area (Å²) in [7, 11) is 0. The van der Waals surface area contributed by atoms with Gasteiger partial charge in [-0.05, 0) is 61.1 Å². The average Bonchev–Trinajstić information content (AvgIpc) is 3.00. The molecule has 0 aliphatic heterocycles. The zero-order chi connectivity index (χ0) is 16.1. The molecule has 1 aliphatic carbocycles. The highest BCUT2D eigenvalue weighted by Crippen LogP contribution is 2.39. The molecule has 0 radical (unpaired) electrons. The highest BCUT2D eigenvalue weighted by Gasteiger charge is 2.35. The van der Waals surface area contributed by atoms with Crippen molar-refractivity contribution in [3.8, 4) is 0 Å². The Labute approximate surface area is 139 Å². The summed E-state index contributed by atoms with van der Waals surface area (Å²) >= 11 is 0. The standard InChI is InChI=1S/C21H27NO/c22-21(16-23)14-13-20(15-21)19-11-9-18(10-12-19)8-4-7-17-5-2-1-3-6-17/h1-3,5-6,9-12,20,23H,4,7-8,13-16,22H2/t20-,21-/m1/s1. The monoisotopic (exact) mass is 309 g/mol. The van der Waals surface area contributed by atoms with E-state index in [1.54, 1.807) is 0 Å². The second-order valence-corrected chi connectivity index (χ2v) is 7.04. The van der Waals surface area contributed by atoms with Crippen molar-refractivity contribution in [2.75, 3.05) is 6.61 Å². The van der Waals surface area contributed by atoms with Crippen LogP contribution in [-0.4, -0.2) is 17.3 Å². The van der Waals surface area contributed by atoms with Crippen LogP contribution in [0, 0.1) is 0 Å². The Morgan fingerprint density at radius 1 is 0.957 bits per heavy atom. The van der Waals surface area contributed by atoms with E-state index in [-0.39, 0.29) is 12.1 Å². The number of hydrogen-bond acceptors (Lipinski definition) is 2. The van der Waals surface area contributed by atoms with Gasteiger partial charge in [-0.1, -0.05) is 54.6 Å². The van der Waals surface area contributed by atoms with Crippen molar-refractivity contribution in [3.05, 3.63) is 71.3 Å². The molecule has 2 aromatic rings. The average molecular weight is 309 g/mol. The summed E-state index contributed by atoms with van der Waals surface area (Å²) in [4.78, 5) is 0. The molecule has 0 spiro atoms. The first-order chi connectivity index (χ1) is 11.2. The molecule has 0 amide bonds. The smallest absolute Gasteiger partial charge is 0.0611 e. The maximum atomic E-state index is 9.40. The van der Waals surface area contributed by atoms with Crippen molar-refractivity contribution in [2.24, 2.45) is 5.73 Å². The normalized spacial score (nSPS) is 24.0. The molecule has 1 fully saturated rings. The van der Waals surface area contributed by atoms with E-state index in [0.29, 0.717) is 5.92 Å². The molecule has 0 bridgehead atoms. The van der Waals surface area contributed by atoms with Crippen molar-refractivity contribution in [2.45, 2.75) is 50.0 Å². The fourth-order valence-electron chi connectivity index (χ4n) is 3.68. The highest BCUT2D eigenvalue weighted by molar-refractivity contribution is 5.27. The zero-order valence-electron chi connectivity index (χ0n) is 13.7. The lowest BCUT2D eigenvalue weighted by Crippen LogP contribution is -2.40. The van der Waals surface area contributed by atoms with E-state index in [1.165, 1.54) is 23.1 Å². The molecule has 2 nitrogen and oxygen atoms in total. The quantitative estimate of drug-likeness (QED) is 0.852. The van der Waals surface area contributed by atoms with E-state index in [1.807, 2.05) is 0 Å². The first-order valence-corrected chi connectivity index (χ1v) is 8.71. The van der Waals surface area contributed by atoms with E-state index >= 15 is 0 Å². The van der Waals surface area contributed by atoms with Gasteiger partial charge in [0.05, 0.1) is 6.61 Å². The summed E-state index contributed by atoms with van der Waals surface area (Å²) in [6, 6.07) is 19.7. The van der Waals surface area contributed by atoms with Crippen LogP contribution in [0.2, 0.25) is 0 Å². The topological polar surface area (TPSA) is 46.2 Å². The summed E-state index contributed by atoms with van der Waals surface area (Å²) in [6.07, 6.45) is 6.35. The molecule has 3 rings (SSSR count). The van der Waals surface area contributed by atoms with Crippen LogP contribution in [0.25, 0.3) is 0 Å². The summed E-state index contributed by atoms with van der Waals surface area (Å²) in [5.41, 5.74) is 10.0. The first-order valence-electron chi connectivity index (χ1n) is 8.71. The highest BCUT2D eigenvalue weighted by atomic mass is 16.3. The molecule has 2 aromatic carbocycles. The molecule has 0 saturated heterocycles. The number of rotatable bonds is 6. The minimum Gasteiger partial charge on any atom is -0.394 e. The molecule has 2 atom stereocenters. The molecule has 3 N–H and O–H groups in total. The van der Waals surface area contributed by atoms with E-state index in [9.17, 15) is 5.11 Å². The number of aliphatic hydroxyl groups is 1. The Balaban J connectivity index is 1.51. The minimum absolute atomic E-state index is 0.0983. The molecule has 1 saturated carbocycles.